The summed E-state index contributed by atoms with van der Waals surface area (Å²) >= 11 is 0. The molecular weight excluding hydrogens is 244 g/mol. The molecule has 19 heavy (non-hydrogen) atoms. The first-order valence-corrected chi connectivity index (χ1v) is 6.48. The Morgan fingerprint density at radius 3 is 2.63 bits per heavy atom. The summed E-state index contributed by atoms with van der Waals surface area (Å²) in [5.41, 5.74) is 0. The maximum Gasteiger partial charge on any atom is 0.324 e. The van der Waals surface area contributed by atoms with Crippen LogP contribution in [0.25, 0.3) is 0 Å². The predicted molar refractivity (Wildman–Crippen MR) is 72.4 cm³/mol. The van der Waals surface area contributed by atoms with E-state index in [-0.39, 0.29) is 6.01 Å². The third-order valence-corrected chi connectivity index (χ3v) is 3.35. The molecule has 0 amide bonds. The second-order valence-electron chi connectivity index (χ2n) is 4.67. The minimum absolute atomic E-state index is 0.255. The van der Waals surface area contributed by atoms with Crippen LogP contribution < -0.4 is 14.8 Å². The van der Waals surface area contributed by atoms with Crippen molar-refractivity contribution in [3.8, 4) is 12.0 Å². The molecule has 6 heteroatoms. The predicted octanol–water partition coefficient (Wildman–Crippen LogP) is 1.90. The van der Waals surface area contributed by atoms with E-state index in [1.165, 1.54) is 7.11 Å². The molecule has 2 atom stereocenters. The Morgan fingerprint density at radius 1 is 1.21 bits per heavy atom. The molecule has 2 unspecified atom stereocenters. The van der Waals surface area contributed by atoms with Crippen molar-refractivity contribution in [1.29, 1.82) is 0 Å². The van der Waals surface area contributed by atoms with Crippen LogP contribution >= 0.6 is 0 Å². The quantitative estimate of drug-likeness (QED) is 0.819. The fourth-order valence-corrected chi connectivity index (χ4v) is 2.03. The molecule has 0 fully saturated rings. The fourth-order valence-electron chi connectivity index (χ4n) is 2.03. The van der Waals surface area contributed by atoms with Crippen LogP contribution in [0.4, 0.5) is 5.95 Å². The van der Waals surface area contributed by atoms with E-state index in [4.69, 9.17) is 9.47 Å². The van der Waals surface area contributed by atoms with Crippen LogP contribution in [0.15, 0.2) is 12.2 Å². The van der Waals surface area contributed by atoms with E-state index in [2.05, 4.69) is 39.3 Å². The van der Waals surface area contributed by atoms with Gasteiger partial charge in [0.15, 0.2) is 0 Å². The van der Waals surface area contributed by atoms with Crippen LogP contribution in [0.5, 0.6) is 12.0 Å². The third-order valence-electron chi connectivity index (χ3n) is 3.35. The highest BCUT2D eigenvalue weighted by Gasteiger charge is 2.19. The Bertz CT molecular complexity index is 428. The lowest BCUT2D eigenvalue weighted by Crippen LogP contribution is -2.22. The summed E-state index contributed by atoms with van der Waals surface area (Å²) in [4.78, 5) is 12.3. The molecule has 1 N–H and O–H groups in total. The van der Waals surface area contributed by atoms with Crippen LogP contribution in [0.3, 0.4) is 0 Å². The van der Waals surface area contributed by atoms with Gasteiger partial charge in [0.1, 0.15) is 0 Å². The summed E-state index contributed by atoms with van der Waals surface area (Å²) in [6.45, 7) is 2.85. The number of allylic oxidation sites excluding steroid dienone is 2. The van der Waals surface area contributed by atoms with Crippen molar-refractivity contribution in [3.05, 3.63) is 12.2 Å². The van der Waals surface area contributed by atoms with Gasteiger partial charge in [0, 0.05) is 7.05 Å². The van der Waals surface area contributed by atoms with E-state index in [1.807, 2.05) is 0 Å². The summed E-state index contributed by atoms with van der Waals surface area (Å²) in [6, 6.07) is 0.559. The second kappa shape index (κ2) is 6.36. The van der Waals surface area contributed by atoms with E-state index in [9.17, 15) is 0 Å². The molecule has 0 saturated carbocycles. The van der Waals surface area contributed by atoms with Gasteiger partial charge in [0.2, 0.25) is 5.95 Å². The number of methoxy groups -OCH3 is 1. The zero-order valence-corrected chi connectivity index (χ0v) is 11.6. The highest BCUT2D eigenvalue weighted by Crippen LogP contribution is 2.25. The molecule has 1 aliphatic rings. The van der Waals surface area contributed by atoms with E-state index < -0.39 is 0 Å². The van der Waals surface area contributed by atoms with Crippen LogP contribution in [0.1, 0.15) is 19.8 Å². The summed E-state index contributed by atoms with van der Waals surface area (Å²) in [5, 5.41) is 2.86. The number of anilines is 1. The van der Waals surface area contributed by atoms with Gasteiger partial charge in [-0.15, -0.1) is 4.98 Å². The lowest BCUT2D eigenvalue weighted by atomic mass is 9.85. The first kappa shape index (κ1) is 13.6. The van der Waals surface area contributed by atoms with Gasteiger partial charge in [-0.3, -0.25) is 0 Å². The molecular formula is C13H20N4O2. The van der Waals surface area contributed by atoms with Crippen LogP contribution in [-0.2, 0) is 0 Å². The molecule has 1 aromatic rings. The van der Waals surface area contributed by atoms with Gasteiger partial charge in [-0.05, 0) is 24.7 Å². The Morgan fingerprint density at radius 2 is 1.95 bits per heavy atom. The SMILES string of the molecule is CNc1nc(OC)nc(OCC2CC=CCC2C)n1. The second-order valence-corrected chi connectivity index (χ2v) is 4.67. The summed E-state index contributed by atoms with van der Waals surface area (Å²) in [5.74, 6) is 1.57. The van der Waals surface area contributed by atoms with Gasteiger partial charge >= 0.3 is 12.0 Å². The molecule has 0 radical (unpaired) electrons. The summed E-state index contributed by atoms with van der Waals surface area (Å²) in [7, 11) is 3.26. The number of nitrogens with zero attached hydrogens (tertiary/aromatic N) is 3. The van der Waals surface area contributed by atoms with Crippen LogP contribution in [-0.4, -0.2) is 35.7 Å². The minimum atomic E-state index is 0.255. The molecule has 0 saturated heterocycles. The monoisotopic (exact) mass is 264 g/mol. The standard InChI is InChI=1S/C13H20N4O2/c1-9-6-4-5-7-10(9)8-19-13-16-11(14-2)15-12(17-13)18-3/h4-5,9-10H,6-8H2,1-3H3,(H,14,15,16,17). The highest BCUT2D eigenvalue weighted by atomic mass is 16.5. The number of rotatable bonds is 5. The largest absolute Gasteiger partial charge is 0.467 e. The van der Waals surface area contributed by atoms with Crippen molar-refractivity contribution in [2.45, 2.75) is 19.8 Å². The van der Waals surface area contributed by atoms with Gasteiger partial charge in [-0.1, -0.05) is 19.1 Å². The smallest absolute Gasteiger partial charge is 0.324 e. The van der Waals surface area contributed by atoms with Crippen LogP contribution in [0, 0.1) is 11.8 Å². The Balaban J connectivity index is 2.00. The average molecular weight is 264 g/mol. The number of ether oxygens (including phenoxy) is 2. The summed E-state index contributed by atoms with van der Waals surface area (Å²) in [6.07, 6.45) is 6.59. The van der Waals surface area contributed by atoms with E-state index >= 15 is 0 Å². The van der Waals surface area contributed by atoms with Gasteiger partial charge < -0.3 is 14.8 Å². The molecule has 0 spiro atoms. The molecule has 2 rings (SSSR count). The van der Waals surface area contributed by atoms with E-state index in [0.717, 1.165) is 12.8 Å². The van der Waals surface area contributed by atoms with Crippen molar-refractivity contribution in [1.82, 2.24) is 15.0 Å². The van der Waals surface area contributed by atoms with Gasteiger partial charge in [0.25, 0.3) is 0 Å². The van der Waals surface area contributed by atoms with Gasteiger partial charge in [0.05, 0.1) is 13.7 Å². The molecule has 1 aromatic heterocycles. The lowest BCUT2D eigenvalue weighted by molar-refractivity contribution is 0.184. The Labute approximate surface area is 113 Å². The topological polar surface area (TPSA) is 69.2 Å². The minimum Gasteiger partial charge on any atom is -0.467 e. The number of aromatic nitrogens is 3. The van der Waals surface area contributed by atoms with Gasteiger partial charge in [-0.2, -0.15) is 9.97 Å². The molecule has 0 aromatic carbocycles. The normalized spacial score (nSPS) is 22.1. The lowest BCUT2D eigenvalue weighted by Gasteiger charge is -2.24. The first-order valence-electron chi connectivity index (χ1n) is 6.48. The molecule has 1 aliphatic carbocycles. The van der Waals surface area contributed by atoms with Crippen molar-refractivity contribution in [2.24, 2.45) is 11.8 Å². The third kappa shape index (κ3) is 3.56. The maximum atomic E-state index is 5.68. The van der Waals surface area contributed by atoms with E-state index in [0.29, 0.717) is 30.4 Å². The average Bonchev–Trinajstić information content (AvgIpc) is 2.46. The van der Waals surface area contributed by atoms with E-state index in [1.54, 1.807) is 7.05 Å². The molecule has 0 aliphatic heterocycles. The van der Waals surface area contributed by atoms with Crippen molar-refractivity contribution >= 4 is 5.95 Å². The molecule has 1 heterocycles. The first-order chi connectivity index (χ1) is 9.22. The van der Waals surface area contributed by atoms with Crippen molar-refractivity contribution < 1.29 is 9.47 Å². The maximum absolute atomic E-state index is 5.68. The Hall–Kier alpha value is -1.85. The van der Waals surface area contributed by atoms with Gasteiger partial charge in [-0.25, -0.2) is 0 Å². The summed E-state index contributed by atoms with van der Waals surface area (Å²) < 4.78 is 10.7. The fraction of sp³-hybridized carbons (Fsp3) is 0.615. The number of nitrogens with one attached hydrogen (secondary N) is 1. The molecule has 6 nitrogen and oxygen atoms in total. The number of hydrogen-bond acceptors (Lipinski definition) is 6. The zero-order chi connectivity index (χ0) is 13.7. The number of hydrogen-bond donors (Lipinski definition) is 1. The van der Waals surface area contributed by atoms with Crippen LogP contribution in [0.2, 0.25) is 0 Å². The highest BCUT2D eigenvalue weighted by molar-refractivity contribution is 5.26. The molecule has 0 bridgehead atoms. The van der Waals surface area contributed by atoms with Crippen molar-refractivity contribution in [3.63, 3.8) is 0 Å². The Kier molecular flexibility index (Phi) is 4.54. The zero-order valence-electron chi connectivity index (χ0n) is 11.6. The molecule has 104 valence electrons. The van der Waals surface area contributed by atoms with Crippen molar-refractivity contribution in [2.75, 3.05) is 26.1 Å².